The molecule has 0 spiro atoms. The van der Waals surface area contributed by atoms with Crippen molar-refractivity contribution in [2.45, 2.75) is 25.3 Å². The number of ketones is 1. The summed E-state index contributed by atoms with van der Waals surface area (Å²) in [6.07, 6.45) is 1.47. The second-order valence-electron chi connectivity index (χ2n) is 7.13. The maximum Gasteiger partial charge on any atom is 0.279 e. The Morgan fingerprint density at radius 3 is 2.46 bits per heavy atom. The number of fused-ring (bicyclic) bond motifs is 3. The molecule has 0 saturated carbocycles. The van der Waals surface area contributed by atoms with E-state index in [2.05, 4.69) is 0 Å². The number of carbonyl (C=O) groups excluding carboxylic acids is 1. The highest BCUT2D eigenvalue weighted by Crippen LogP contribution is 2.40. The van der Waals surface area contributed by atoms with E-state index in [4.69, 9.17) is 5.73 Å². The Labute approximate surface area is 158 Å². The fraction of sp³-hybridized carbons (Fsp3) is 0.190. The lowest BCUT2D eigenvalue weighted by atomic mass is 9.88. The first-order valence-electron chi connectivity index (χ1n) is 9.07. The van der Waals surface area contributed by atoms with Crippen LogP contribution in [-0.2, 0) is 4.79 Å². The van der Waals surface area contributed by atoms with Gasteiger partial charge in [0.15, 0.2) is 5.78 Å². The second-order valence-corrected chi connectivity index (χ2v) is 7.13. The van der Waals surface area contributed by atoms with Gasteiger partial charge in [-0.2, -0.15) is 0 Å². The molecule has 2 N–H and O–H groups in total. The topological polar surface area (TPSA) is 87.1 Å². The van der Waals surface area contributed by atoms with Crippen LogP contribution in [0.25, 0.3) is 16.5 Å². The number of nitrogen functional groups attached to an aromatic ring is 1. The molecule has 6 nitrogen and oxygen atoms in total. The van der Waals surface area contributed by atoms with E-state index in [1.165, 1.54) is 21.5 Å². The summed E-state index contributed by atoms with van der Waals surface area (Å²) in [6, 6.07) is 9.66. The van der Waals surface area contributed by atoms with E-state index in [1.807, 2.05) is 0 Å². The van der Waals surface area contributed by atoms with Crippen molar-refractivity contribution >= 4 is 27.9 Å². The Balaban J connectivity index is 1.94. The normalized spacial score (nSPS) is 18.5. The SMILES string of the molecule is Nc1cccc2c(=O)n3n(c(=O)c12)C1=C(C(=O)CCC1)C3c1ccc(F)cc1. The van der Waals surface area contributed by atoms with E-state index in [0.29, 0.717) is 36.1 Å². The summed E-state index contributed by atoms with van der Waals surface area (Å²) in [5.74, 6) is -0.510. The molecule has 0 fully saturated rings. The van der Waals surface area contributed by atoms with Gasteiger partial charge >= 0.3 is 0 Å². The molecule has 7 heteroatoms. The number of halogens is 1. The van der Waals surface area contributed by atoms with Crippen LogP contribution in [0.2, 0.25) is 0 Å². The lowest BCUT2D eigenvalue weighted by Gasteiger charge is -2.19. The highest BCUT2D eigenvalue weighted by Gasteiger charge is 2.40. The number of rotatable bonds is 1. The molecule has 2 aromatic carbocycles. The molecular weight excluding hydrogens is 361 g/mol. The number of anilines is 1. The zero-order valence-corrected chi connectivity index (χ0v) is 14.8. The van der Waals surface area contributed by atoms with Crippen LogP contribution in [0.15, 0.2) is 57.6 Å². The quantitative estimate of drug-likeness (QED) is 0.660. The molecule has 2 aliphatic rings. The van der Waals surface area contributed by atoms with Gasteiger partial charge in [0.1, 0.15) is 11.9 Å². The van der Waals surface area contributed by atoms with Gasteiger partial charge in [-0.05, 0) is 42.7 Å². The number of Topliss-reactive ketones (excluding diaryl/α,β-unsaturated/α-hetero) is 1. The summed E-state index contributed by atoms with van der Waals surface area (Å²) in [5.41, 5.74) is 6.96. The largest absolute Gasteiger partial charge is 0.398 e. The van der Waals surface area contributed by atoms with Crippen molar-refractivity contribution in [3.63, 3.8) is 0 Å². The lowest BCUT2D eigenvalue weighted by molar-refractivity contribution is -0.116. The lowest BCUT2D eigenvalue weighted by Crippen LogP contribution is -2.37. The third kappa shape index (κ3) is 2.10. The Bertz CT molecular complexity index is 1320. The van der Waals surface area contributed by atoms with E-state index < -0.39 is 23.0 Å². The van der Waals surface area contributed by atoms with Gasteiger partial charge in [-0.1, -0.05) is 18.2 Å². The summed E-state index contributed by atoms with van der Waals surface area (Å²) in [6.45, 7) is 0. The van der Waals surface area contributed by atoms with Gasteiger partial charge in [-0.25, -0.2) is 13.8 Å². The van der Waals surface area contributed by atoms with Crippen molar-refractivity contribution in [2.24, 2.45) is 0 Å². The smallest absolute Gasteiger partial charge is 0.279 e. The molecule has 5 rings (SSSR count). The van der Waals surface area contributed by atoms with E-state index in [1.54, 1.807) is 30.3 Å². The van der Waals surface area contributed by atoms with Crippen molar-refractivity contribution in [1.29, 1.82) is 0 Å². The van der Waals surface area contributed by atoms with E-state index in [9.17, 15) is 18.8 Å². The molecule has 0 bridgehead atoms. The molecule has 28 heavy (non-hydrogen) atoms. The van der Waals surface area contributed by atoms with Crippen LogP contribution in [0, 0.1) is 5.82 Å². The van der Waals surface area contributed by atoms with Gasteiger partial charge in [0.25, 0.3) is 11.1 Å². The van der Waals surface area contributed by atoms with Crippen LogP contribution in [0.1, 0.15) is 30.9 Å². The second kappa shape index (κ2) is 5.76. The Kier molecular flexibility index (Phi) is 3.43. The van der Waals surface area contributed by atoms with E-state index >= 15 is 0 Å². The molecule has 140 valence electrons. The average Bonchev–Trinajstić information content (AvgIpc) is 3.04. The molecule has 3 aromatic rings. The first kappa shape index (κ1) is 16.7. The molecule has 2 heterocycles. The van der Waals surface area contributed by atoms with Crippen molar-refractivity contribution in [3.8, 4) is 0 Å². The minimum Gasteiger partial charge on any atom is -0.398 e. The Morgan fingerprint density at radius 2 is 1.71 bits per heavy atom. The number of benzene rings is 2. The van der Waals surface area contributed by atoms with Crippen molar-refractivity contribution in [1.82, 2.24) is 9.36 Å². The summed E-state index contributed by atoms with van der Waals surface area (Å²) in [7, 11) is 0. The maximum atomic E-state index is 13.5. The first-order chi connectivity index (χ1) is 13.5. The van der Waals surface area contributed by atoms with Crippen LogP contribution in [0.5, 0.6) is 0 Å². The van der Waals surface area contributed by atoms with Crippen LogP contribution in [0.3, 0.4) is 0 Å². The molecule has 0 amide bonds. The third-order valence-corrected chi connectivity index (χ3v) is 5.55. The van der Waals surface area contributed by atoms with Gasteiger partial charge in [0, 0.05) is 17.7 Å². The number of aromatic nitrogens is 2. The van der Waals surface area contributed by atoms with Crippen LogP contribution >= 0.6 is 0 Å². The van der Waals surface area contributed by atoms with Gasteiger partial charge in [0.05, 0.1) is 16.5 Å². The van der Waals surface area contributed by atoms with Gasteiger partial charge in [0.2, 0.25) is 0 Å². The van der Waals surface area contributed by atoms with Crippen molar-refractivity contribution < 1.29 is 9.18 Å². The Hall–Kier alpha value is -3.48. The summed E-state index contributed by atoms with van der Waals surface area (Å²) in [4.78, 5) is 39.5. The monoisotopic (exact) mass is 377 g/mol. The van der Waals surface area contributed by atoms with Crippen molar-refractivity contribution in [2.75, 3.05) is 5.73 Å². The molecule has 0 radical (unpaired) electrons. The molecule has 1 atom stereocenters. The Morgan fingerprint density at radius 1 is 0.964 bits per heavy atom. The van der Waals surface area contributed by atoms with Gasteiger partial charge < -0.3 is 5.73 Å². The highest BCUT2D eigenvalue weighted by molar-refractivity contribution is 6.04. The fourth-order valence-electron chi connectivity index (χ4n) is 4.34. The molecule has 1 aliphatic carbocycles. The number of nitrogens with zero attached hydrogens (tertiary/aromatic N) is 2. The van der Waals surface area contributed by atoms with E-state index in [-0.39, 0.29) is 22.2 Å². The maximum absolute atomic E-state index is 13.5. The predicted molar refractivity (Wildman–Crippen MR) is 103 cm³/mol. The molecule has 1 aromatic heterocycles. The first-order valence-corrected chi connectivity index (χ1v) is 9.07. The number of hydrogen-bond donors (Lipinski definition) is 1. The summed E-state index contributed by atoms with van der Waals surface area (Å²) < 4.78 is 16.1. The van der Waals surface area contributed by atoms with Crippen LogP contribution in [0.4, 0.5) is 10.1 Å². The third-order valence-electron chi connectivity index (χ3n) is 5.55. The summed E-state index contributed by atoms with van der Waals surface area (Å²) in [5, 5.41) is 0.369. The zero-order valence-electron chi connectivity index (χ0n) is 14.8. The van der Waals surface area contributed by atoms with Gasteiger partial charge in [-0.3, -0.25) is 14.4 Å². The number of allylic oxidation sites excluding steroid dienone is 2. The predicted octanol–water partition coefficient (Wildman–Crippen LogP) is 2.45. The van der Waals surface area contributed by atoms with Crippen LogP contribution in [-0.4, -0.2) is 15.1 Å². The zero-order chi connectivity index (χ0) is 19.6. The van der Waals surface area contributed by atoms with Gasteiger partial charge in [-0.15, -0.1) is 0 Å². The molecule has 1 unspecified atom stereocenters. The number of carbonyl (C=O) groups is 1. The minimum absolute atomic E-state index is 0.0948. The number of hydrogen-bond acceptors (Lipinski definition) is 4. The average molecular weight is 377 g/mol. The highest BCUT2D eigenvalue weighted by atomic mass is 19.1. The standard InChI is InChI=1S/C21H16FN3O3/c22-12-9-7-11(8-10-12)19-18-15(5-2-6-16(18)26)24-21(28)17-13(20(27)25(19)24)3-1-4-14(17)23/h1,3-4,7-10,19H,2,5-6,23H2. The van der Waals surface area contributed by atoms with E-state index in [0.717, 1.165) is 0 Å². The fourth-order valence-corrected chi connectivity index (χ4v) is 4.34. The van der Waals surface area contributed by atoms with Crippen LogP contribution < -0.4 is 16.9 Å². The number of nitrogens with two attached hydrogens (primary N) is 1. The molecule has 0 saturated heterocycles. The molecular formula is C21H16FN3O3. The molecule has 1 aliphatic heterocycles. The van der Waals surface area contributed by atoms with Crippen molar-refractivity contribution in [3.05, 3.63) is 80.1 Å². The summed E-state index contributed by atoms with van der Waals surface area (Å²) >= 11 is 0. The minimum atomic E-state index is -0.755.